The Morgan fingerprint density at radius 1 is 1.18 bits per heavy atom. The molecule has 8 heteroatoms. The second-order valence-corrected chi connectivity index (χ2v) is 9.05. The number of fused-ring (bicyclic) bond motifs is 2. The van der Waals surface area contributed by atoms with Gasteiger partial charge in [-0.1, -0.05) is 54.2 Å². The van der Waals surface area contributed by atoms with Crippen molar-refractivity contribution in [3.63, 3.8) is 0 Å². The Morgan fingerprint density at radius 3 is 2.88 bits per heavy atom. The van der Waals surface area contributed by atoms with Crippen LogP contribution < -0.4 is 14.8 Å². The second kappa shape index (κ2) is 9.70. The van der Waals surface area contributed by atoms with Crippen LogP contribution in [0.25, 0.3) is 0 Å². The van der Waals surface area contributed by atoms with Gasteiger partial charge in [0.15, 0.2) is 28.6 Å². The van der Waals surface area contributed by atoms with Crippen LogP contribution in [0.15, 0.2) is 66.3 Å². The Balaban J connectivity index is 1.25. The van der Waals surface area contributed by atoms with E-state index in [1.165, 1.54) is 22.9 Å². The lowest BCUT2D eigenvalue weighted by atomic mass is 9.88. The summed E-state index contributed by atoms with van der Waals surface area (Å²) in [7, 11) is 0. The van der Waals surface area contributed by atoms with E-state index in [1.807, 2.05) is 34.9 Å². The summed E-state index contributed by atoms with van der Waals surface area (Å²) in [5.41, 5.74) is 2.56. The summed E-state index contributed by atoms with van der Waals surface area (Å²) < 4.78 is 13.9. The van der Waals surface area contributed by atoms with E-state index in [0.717, 1.165) is 25.0 Å². The SMILES string of the molecule is C=CCn1c(SCC(=O)N[C@@H]2CCCc3ccccc32)nnc1[C@@H]1COc2ccccc2O1. The van der Waals surface area contributed by atoms with Crippen molar-refractivity contribution in [2.75, 3.05) is 12.4 Å². The summed E-state index contributed by atoms with van der Waals surface area (Å²) in [6.45, 7) is 4.72. The number of amides is 1. The number of nitrogens with zero attached hydrogens (tertiary/aromatic N) is 3. The number of para-hydroxylation sites is 2. The summed E-state index contributed by atoms with van der Waals surface area (Å²) in [5.74, 6) is 2.32. The summed E-state index contributed by atoms with van der Waals surface area (Å²) in [5, 5.41) is 12.6. The van der Waals surface area contributed by atoms with Crippen molar-refractivity contribution in [2.24, 2.45) is 0 Å². The highest BCUT2D eigenvalue weighted by molar-refractivity contribution is 7.99. The number of nitrogens with one attached hydrogen (secondary N) is 1. The molecule has 0 fully saturated rings. The van der Waals surface area contributed by atoms with Crippen molar-refractivity contribution < 1.29 is 14.3 Å². The van der Waals surface area contributed by atoms with Crippen molar-refractivity contribution >= 4 is 17.7 Å². The van der Waals surface area contributed by atoms with E-state index in [1.54, 1.807) is 6.08 Å². The Bertz CT molecular complexity index is 1160. The largest absolute Gasteiger partial charge is 0.485 e. The van der Waals surface area contributed by atoms with E-state index >= 15 is 0 Å². The van der Waals surface area contributed by atoms with Crippen molar-refractivity contribution in [1.82, 2.24) is 20.1 Å². The second-order valence-electron chi connectivity index (χ2n) is 8.10. The fourth-order valence-corrected chi connectivity index (χ4v) is 5.13. The molecule has 1 aromatic heterocycles. The first-order valence-corrected chi connectivity index (χ1v) is 12.1. The highest BCUT2D eigenvalue weighted by Crippen LogP contribution is 2.36. The number of benzene rings is 2. The molecule has 2 aliphatic rings. The van der Waals surface area contributed by atoms with Crippen LogP contribution in [0.4, 0.5) is 0 Å². The minimum Gasteiger partial charge on any atom is -0.485 e. The lowest BCUT2D eigenvalue weighted by Gasteiger charge is -2.26. The molecule has 2 atom stereocenters. The number of aryl methyl sites for hydroxylation is 1. The van der Waals surface area contributed by atoms with Gasteiger partial charge in [0.25, 0.3) is 0 Å². The van der Waals surface area contributed by atoms with Crippen LogP contribution >= 0.6 is 11.8 Å². The van der Waals surface area contributed by atoms with Gasteiger partial charge in [0.2, 0.25) is 5.91 Å². The smallest absolute Gasteiger partial charge is 0.230 e. The molecule has 0 unspecified atom stereocenters. The summed E-state index contributed by atoms with van der Waals surface area (Å²) in [6.07, 6.45) is 4.52. The van der Waals surface area contributed by atoms with E-state index in [-0.39, 0.29) is 23.8 Å². The molecular weight excluding hydrogens is 436 g/mol. The monoisotopic (exact) mass is 462 g/mol. The molecule has 2 aromatic carbocycles. The predicted octanol–water partition coefficient (Wildman–Crippen LogP) is 4.26. The number of hydrogen-bond acceptors (Lipinski definition) is 6. The van der Waals surface area contributed by atoms with Gasteiger partial charge in [0.05, 0.1) is 11.8 Å². The standard InChI is InChI=1S/C25H26N4O3S/c1-2-14-29-24(22-15-31-20-12-5-6-13-21(20)32-22)27-28-25(29)33-16-23(30)26-19-11-7-9-17-8-3-4-10-18(17)19/h2-6,8,10,12-13,19,22H,1,7,9,11,14-16H2,(H,26,30)/t19-,22+/m1/s1. The lowest BCUT2D eigenvalue weighted by molar-refractivity contribution is -0.119. The van der Waals surface area contributed by atoms with Crippen LogP contribution in [0.3, 0.4) is 0 Å². The number of rotatable bonds is 7. The molecule has 0 bridgehead atoms. The number of aromatic nitrogens is 3. The van der Waals surface area contributed by atoms with Crippen molar-refractivity contribution in [1.29, 1.82) is 0 Å². The lowest BCUT2D eigenvalue weighted by Crippen LogP contribution is -2.32. The highest BCUT2D eigenvalue weighted by atomic mass is 32.2. The topological polar surface area (TPSA) is 78.3 Å². The van der Waals surface area contributed by atoms with Crippen LogP contribution in [-0.2, 0) is 17.8 Å². The first-order valence-electron chi connectivity index (χ1n) is 11.2. The van der Waals surface area contributed by atoms with E-state index in [4.69, 9.17) is 9.47 Å². The van der Waals surface area contributed by atoms with Crippen LogP contribution in [0.2, 0.25) is 0 Å². The normalized spacial score (nSPS) is 18.9. The number of carbonyl (C=O) groups is 1. The van der Waals surface area contributed by atoms with Gasteiger partial charge in [0, 0.05) is 6.54 Å². The molecule has 0 saturated heterocycles. The number of thioether (sulfide) groups is 1. The summed E-state index contributed by atoms with van der Waals surface area (Å²) >= 11 is 1.37. The molecule has 1 aliphatic carbocycles. The van der Waals surface area contributed by atoms with Gasteiger partial charge < -0.3 is 14.8 Å². The maximum atomic E-state index is 12.8. The fourth-order valence-electron chi connectivity index (χ4n) is 4.36. The van der Waals surface area contributed by atoms with Gasteiger partial charge in [-0.3, -0.25) is 9.36 Å². The molecular formula is C25H26N4O3S. The van der Waals surface area contributed by atoms with Gasteiger partial charge in [0.1, 0.15) is 6.61 Å². The van der Waals surface area contributed by atoms with Crippen molar-refractivity contribution in [3.05, 3.63) is 78.1 Å². The average Bonchev–Trinajstić information content (AvgIpc) is 3.25. The van der Waals surface area contributed by atoms with Crippen LogP contribution in [-0.4, -0.2) is 33.0 Å². The van der Waals surface area contributed by atoms with E-state index < -0.39 is 0 Å². The zero-order valence-electron chi connectivity index (χ0n) is 18.3. The molecule has 0 saturated carbocycles. The van der Waals surface area contributed by atoms with E-state index in [0.29, 0.717) is 29.9 Å². The zero-order valence-corrected chi connectivity index (χ0v) is 19.1. The van der Waals surface area contributed by atoms with Gasteiger partial charge >= 0.3 is 0 Å². The molecule has 1 amide bonds. The van der Waals surface area contributed by atoms with Gasteiger partial charge in [-0.05, 0) is 42.5 Å². The van der Waals surface area contributed by atoms with Gasteiger partial charge in [-0.2, -0.15) is 0 Å². The third-order valence-electron chi connectivity index (χ3n) is 5.89. The minimum absolute atomic E-state index is 0.0115. The molecule has 1 aliphatic heterocycles. The maximum absolute atomic E-state index is 12.8. The average molecular weight is 463 g/mol. The Kier molecular flexibility index (Phi) is 6.35. The number of carbonyl (C=O) groups excluding carboxylic acids is 1. The van der Waals surface area contributed by atoms with E-state index in [9.17, 15) is 4.79 Å². The molecule has 0 spiro atoms. The third kappa shape index (κ3) is 4.61. The van der Waals surface area contributed by atoms with Gasteiger partial charge in [-0.15, -0.1) is 16.8 Å². The fraction of sp³-hybridized carbons (Fsp3) is 0.320. The molecule has 3 aromatic rings. The van der Waals surface area contributed by atoms with Crippen LogP contribution in [0.5, 0.6) is 11.5 Å². The van der Waals surface area contributed by atoms with Crippen LogP contribution in [0, 0.1) is 0 Å². The highest BCUT2D eigenvalue weighted by Gasteiger charge is 2.28. The number of allylic oxidation sites excluding steroid dienone is 1. The van der Waals surface area contributed by atoms with Crippen LogP contribution in [0.1, 0.15) is 41.9 Å². The molecule has 33 heavy (non-hydrogen) atoms. The predicted molar refractivity (Wildman–Crippen MR) is 127 cm³/mol. The Hall–Kier alpha value is -3.26. The third-order valence-corrected chi connectivity index (χ3v) is 6.86. The number of hydrogen-bond donors (Lipinski definition) is 1. The molecule has 7 nitrogen and oxygen atoms in total. The number of ether oxygens (including phenoxy) is 2. The maximum Gasteiger partial charge on any atom is 0.230 e. The minimum atomic E-state index is -0.380. The summed E-state index contributed by atoms with van der Waals surface area (Å²) in [6, 6.07) is 16.0. The molecule has 5 rings (SSSR count). The van der Waals surface area contributed by atoms with Crippen molar-refractivity contribution in [3.8, 4) is 11.5 Å². The van der Waals surface area contributed by atoms with Gasteiger partial charge in [-0.25, -0.2) is 0 Å². The first kappa shape index (κ1) is 21.6. The zero-order chi connectivity index (χ0) is 22.6. The summed E-state index contributed by atoms with van der Waals surface area (Å²) in [4.78, 5) is 12.8. The van der Waals surface area contributed by atoms with E-state index in [2.05, 4.69) is 40.3 Å². The molecule has 170 valence electrons. The molecule has 0 radical (unpaired) electrons. The Morgan fingerprint density at radius 2 is 2.00 bits per heavy atom. The quantitative estimate of drug-likeness (QED) is 0.418. The molecule has 2 heterocycles. The van der Waals surface area contributed by atoms with Crippen molar-refractivity contribution in [2.45, 2.75) is 43.1 Å². The Labute approximate surface area is 197 Å². The molecule has 1 N–H and O–H groups in total. The first-order chi connectivity index (χ1) is 16.2.